The Balaban J connectivity index is 2.11. The number of rotatable bonds is 3. The molecule has 1 aliphatic heterocycles. The maximum absolute atomic E-state index is 12.5. The van der Waals surface area contributed by atoms with Gasteiger partial charge in [0, 0.05) is 24.1 Å². The Morgan fingerprint density at radius 2 is 2.00 bits per heavy atom. The second-order valence-corrected chi connectivity index (χ2v) is 6.03. The molecule has 0 aromatic rings. The van der Waals surface area contributed by atoms with Crippen molar-refractivity contribution in [3.8, 4) is 0 Å². The zero-order valence-corrected chi connectivity index (χ0v) is 11.4. The first-order valence-electron chi connectivity index (χ1n) is 6.24. The average Bonchev–Trinajstić information content (AvgIpc) is 3.18. The number of nitrogens with zero attached hydrogens (tertiary/aromatic N) is 2. The van der Waals surface area contributed by atoms with Gasteiger partial charge in [-0.25, -0.2) is 9.59 Å². The van der Waals surface area contributed by atoms with E-state index in [0.29, 0.717) is 18.6 Å². The minimum Gasteiger partial charge on any atom is -0.480 e. The summed E-state index contributed by atoms with van der Waals surface area (Å²) in [4.78, 5) is 25.2. The van der Waals surface area contributed by atoms with Crippen molar-refractivity contribution in [3.05, 3.63) is 0 Å². The minimum atomic E-state index is -4.47. The Morgan fingerprint density at radius 1 is 1.35 bits per heavy atom. The molecule has 2 rings (SSSR count). The van der Waals surface area contributed by atoms with E-state index >= 15 is 0 Å². The summed E-state index contributed by atoms with van der Waals surface area (Å²) in [5, 5.41) is 9.08. The lowest BCUT2D eigenvalue weighted by Gasteiger charge is -2.37. The van der Waals surface area contributed by atoms with Crippen molar-refractivity contribution in [2.45, 2.75) is 31.1 Å². The van der Waals surface area contributed by atoms with E-state index in [1.54, 1.807) is 0 Å². The van der Waals surface area contributed by atoms with E-state index < -0.39 is 36.8 Å². The number of carboxylic acids is 1. The van der Waals surface area contributed by atoms with Gasteiger partial charge in [-0.1, -0.05) is 0 Å². The average molecular weight is 312 g/mol. The predicted octanol–water partition coefficient (Wildman–Crippen LogP) is 1.64. The van der Waals surface area contributed by atoms with Crippen LogP contribution in [0.5, 0.6) is 0 Å². The molecule has 2 amide bonds. The van der Waals surface area contributed by atoms with Crippen LogP contribution in [0.3, 0.4) is 0 Å². The van der Waals surface area contributed by atoms with E-state index in [4.69, 9.17) is 5.11 Å². The summed E-state index contributed by atoms with van der Waals surface area (Å²) < 4.78 is 37.6. The third-order valence-corrected chi connectivity index (χ3v) is 4.26. The highest BCUT2D eigenvalue weighted by Crippen LogP contribution is 2.32. The van der Waals surface area contributed by atoms with E-state index in [1.165, 1.54) is 11.8 Å². The highest BCUT2D eigenvalue weighted by atomic mass is 32.2. The van der Waals surface area contributed by atoms with Crippen LogP contribution in [-0.2, 0) is 4.79 Å². The zero-order valence-electron chi connectivity index (χ0n) is 10.6. The topological polar surface area (TPSA) is 60.9 Å². The normalized spacial score (nSPS) is 23.6. The third-order valence-electron chi connectivity index (χ3n) is 3.24. The maximum atomic E-state index is 12.5. The number of carbonyl (C=O) groups excluding carboxylic acids is 1. The molecule has 1 atom stereocenters. The summed E-state index contributed by atoms with van der Waals surface area (Å²) in [6.07, 6.45) is -3.38. The maximum Gasteiger partial charge on any atom is 0.406 e. The van der Waals surface area contributed by atoms with Crippen molar-refractivity contribution in [2.75, 3.05) is 24.6 Å². The molecule has 0 spiro atoms. The van der Waals surface area contributed by atoms with Gasteiger partial charge in [0.1, 0.15) is 12.6 Å². The van der Waals surface area contributed by atoms with Crippen molar-refractivity contribution < 1.29 is 27.9 Å². The lowest BCUT2D eigenvalue weighted by Crippen LogP contribution is -2.56. The smallest absolute Gasteiger partial charge is 0.406 e. The van der Waals surface area contributed by atoms with Crippen molar-refractivity contribution >= 4 is 23.8 Å². The molecule has 2 fully saturated rings. The van der Waals surface area contributed by atoms with Gasteiger partial charge in [-0.05, 0) is 12.8 Å². The minimum absolute atomic E-state index is 0.168. The number of carbonyl (C=O) groups is 2. The van der Waals surface area contributed by atoms with Crippen molar-refractivity contribution in [3.63, 3.8) is 0 Å². The van der Waals surface area contributed by atoms with Gasteiger partial charge in [-0.2, -0.15) is 24.9 Å². The fourth-order valence-corrected chi connectivity index (χ4v) is 3.17. The molecule has 1 unspecified atom stereocenters. The summed E-state index contributed by atoms with van der Waals surface area (Å²) in [6.45, 7) is -1.14. The van der Waals surface area contributed by atoms with Gasteiger partial charge in [-0.3, -0.25) is 0 Å². The fraction of sp³-hybridized carbons (Fsp3) is 0.818. The quantitative estimate of drug-likeness (QED) is 0.860. The molecule has 20 heavy (non-hydrogen) atoms. The van der Waals surface area contributed by atoms with Crippen molar-refractivity contribution in [1.29, 1.82) is 0 Å². The summed E-state index contributed by atoms with van der Waals surface area (Å²) >= 11 is 1.39. The molecule has 0 bridgehead atoms. The number of aliphatic carboxylic acids is 1. The first-order valence-corrected chi connectivity index (χ1v) is 7.39. The van der Waals surface area contributed by atoms with Crippen LogP contribution in [0.1, 0.15) is 12.8 Å². The van der Waals surface area contributed by atoms with Crippen LogP contribution < -0.4 is 0 Å². The SMILES string of the molecule is O=C(O)C1CSCCN1C(=O)N(CC(F)(F)F)C1CC1. The predicted molar refractivity (Wildman–Crippen MR) is 66.6 cm³/mol. The van der Waals surface area contributed by atoms with E-state index in [9.17, 15) is 22.8 Å². The Labute approximate surface area is 118 Å². The molecule has 1 saturated heterocycles. The number of carboxylic acid groups (broad SMARTS) is 1. The van der Waals surface area contributed by atoms with E-state index in [-0.39, 0.29) is 12.3 Å². The van der Waals surface area contributed by atoms with Gasteiger partial charge < -0.3 is 14.9 Å². The molecule has 1 aliphatic carbocycles. The van der Waals surface area contributed by atoms with Crippen LogP contribution in [0.15, 0.2) is 0 Å². The molecule has 0 radical (unpaired) electrons. The monoisotopic (exact) mass is 312 g/mol. The highest BCUT2D eigenvalue weighted by Gasteiger charge is 2.44. The largest absolute Gasteiger partial charge is 0.480 e. The number of hydrogen-bond donors (Lipinski definition) is 1. The molecule has 2 aliphatic rings. The van der Waals surface area contributed by atoms with Crippen LogP contribution in [0.2, 0.25) is 0 Å². The molecule has 1 N–H and O–H groups in total. The Morgan fingerprint density at radius 3 is 2.50 bits per heavy atom. The first kappa shape index (κ1) is 15.3. The molecular weight excluding hydrogens is 297 g/mol. The first-order chi connectivity index (χ1) is 9.29. The third kappa shape index (κ3) is 3.71. The summed E-state index contributed by atoms with van der Waals surface area (Å²) in [5.41, 5.74) is 0. The number of urea groups is 1. The van der Waals surface area contributed by atoms with Gasteiger partial charge in [0.15, 0.2) is 0 Å². The van der Waals surface area contributed by atoms with E-state index in [1.807, 2.05) is 0 Å². The van der Waals surface area contributed by atoms with Crippen molar-refractivity contribution in [2.24, 2.45) is 0 Å². The Bertz CT molecular complexity index is 401. The molecule has 5 nitrogen and oxygen atoms in total. The Kier molecular flexibility index (Phi) is 4.36. The number of hydrogen-bond acceptors (Lipinski definition) is 3. The number of halogens is 3. The van der Waals surface area contributed by atoms with E-state index in [2.05, 4.69) is 0 Å². The Hall–Kier alpha value is -1.12. The summed E-state index contributed by atoms with van der Waals surface area (Å²) in [6, 6.07) is -2.26. The summed E-state index contributed by atoms with van der Waals surface area (Å²) in [7, 11) is 0. The molecule has 1 saturated carbocycles. The number of alkyl halides is 3. The molecule has 1 heterocycles. The van der Waals surface area contributed by atoms with Gasteiger partial charge >= 0.3 is 18.2 Å². The van der Waals surface area contributed by atoms with Gasteiger partial charge in [0.2, 0.25) is 0 Å². The second-order valence-electron chi connectivity index (χ2n) is 4.88. The van der Waals surface area contributed by atoms with Crippen LogP contribution >= 0.6 is 11.8 Å². The van der Waals surface area contributed by atoms with Crippen LogP contribution in [0.4, 0.5) is 18.0 Å². The zero-order chi connectivity index (χ0) is 14.9. The second kappa shape index (κ2) is 5.71. The lowest BCUT2D eigenvalue weighted by atomic mass is 10.3. The van der Waals surface area contributed by atoms with Crippen LogP contribution in [-0.4, -0.2) is 69.8 Å². The number of thioether (sulfide) groups is 1. The van der Waals surface area contributed by atoms with Gasteiger partial charge in [0.25, 0.3) is 0 Å². The van der Waals surface area contributed by atoms with Crippen LogP contribution in [0.25, 0.3) is 0 Å². The number of amides is 2. The lowest BCUT2D eigenvalue weighted by molar-refractivity contribution is -0.145. The molecular formula is C11H15F3N2O3S. The molecule has 9 heteroatoms. The van der Waals surface area contributed by atoms with Gasteiger partial charge in [-0.15, -0.1) is 0 Å². The highest BCUT2D eigenvalue weighted by molar-refractivity contribution is 7.99. The standard InChI is InChI=1S/C11H15F3N2O3S/c12-11(13,14)6-16(7-1-2-7)10(19)15-3-4-20-5-8(15)9(17)18/h7-8H,1-6H2,(H,17,18). The van der Waals surface area contributed by atoms with Crippen molar-refractivity contribution in [1.82, 2.24) is 9.80 Å². The molecule has 0 aromatic heterocycles. The van der Waals surface area contributed by atoms with E-state index in [0.717, 1.165) is 9.80 Å². The van der Waals surface area contributed by atoms with Crippen LogP contribution in [0, 0.1) is 0 Å². The van der Waals surface area contributed by atoms with Gasteiger partial charge in [0.05, 0.1) is 0 Å². The molecule has 114 valence electrons. The molecule has 0 aromatic carbocycles. The summed E-state index contributed by atoms with van der Waals surface area (Å²) in [5.74, 6) is -0.417. The fourth-order valence-electron chi connectivity index (χ4n) is 2.13.